The summed E-state index contributed by atoms with van der Waals surface area (Å²) in [4.78, 5) is 8.49. The first-order valence-corrected chi connectivity index (χ1v) is 5.70. The molecule has 0 spiro atoms. The van der Waals surface area contributed by atoms with Crippen molar-refractivity contribution in [3.05, 3.63) is 17.7 Å². The quantitative estimate of drug-likeness (QED) is 0.816. The molecule has 0 bridgehead atoms. The van der Waals surface area contributed by atoms with Gasteiger partial charge in [0.1, 0.15) is 17.6 Å². The summed E-state index contributed by atoms with van der Waals surface area (Å²) in [5.74, 6) is 1.45. The van der Waals surface area contributed by atoms with Crippen molar-refractivity contribution in [1.82, 2.24) is 9.97 Å². The van der Waals surface area contributed by atoms with E-state index in [2.05, 4.69) is 9.97 Å². The Bertz CT molecular complexity index is 356. The number of aliphatic hydroxyl groups is 1. The van der Waals surface area contributed by atoms with Gasteiger partial charge in [0.25, 0.3) is 0 Å². The molecular formula is C12H20N2O3. The Morgan fingerprint density at radius 2 is 2.06 bits per heavy atom. The highest BCUT2D eigenvalue weighted by Gasteiger charge is 2.12. The van der Waals surface area contributed by atoms with Gasteiger partial charge in [-0.25, -0.2) is 9.97 Å². The van der Waals surface area contributed by atoms with Gasteiger partial charge in [-0.3, -0.25) is 0 Å². The molecule has 0 aliphatic heterocycles. The molecule has 1 atom stereocenters. The average molecular weight is 240 g/mol. The van der Waals surface area contributed by atoms with E-state index < -0.39 is 0 Å². The molecule has 0 saturated carbocycles. The number of aliphatic hydroxyl groups excluding tert-OH is 1. The molecule has 1 N–H and O–H groups in total. The fourth-order valence-corrected chi connectivity index (χ4v) is 1.40. The maximum atomic E-state index is 9.27. The molecule has 1 aromatic rings. The topological polar surface area (TPSA) is 64.5 Å². The fraction of sp³-hybridized carbons (Fsp3) is 0.667. The Labute approximate surface area is 102 Å². The number of ether oxygens (including phenoxy) is 2. The minimum absolute atomic E-state index is 0.0983. The van der Waals surface area contributed by atoms with Gasteiger partial charge < -0.3 is 14.6 Å². The van der Waals surface area contributed by atoms with Gasteiger partial charge in [0.05, 0.1) is 19.4 Å². The van der Waals surface area contributed by atoms with E-state index in [0.717, 1.165) is 0 Å². The second kappa shape index (κ2) is 6.51. The summed E-state index contributed by atoms with van der Waals surface area (Å²) < 4.78 is 10.6. The van der Waals surface area contributed by atoms with Gasteiger partial charge in [0, 0.05) is 13.0 Å². The largest absolute Gasteiger partial charge is 0.485 e. The van der Waals surface area contributed by atoms with Gasteiger partial charge in [0.2, 0.25) is 0 Å². The Kier molecular flexibility index (Phi) is 5.31. The molecule has 1 rings (SSSR count). The highest BCUT2D eigenvalue weighted by molar-refractivity contribution is 5.25. The molecule has 0 aromatic carbocycles. The van der Waals surface area contributed by atoms with Crippen molar-refractivity contribution in [1.29, 1.82) is 0 Å². The molecule has 0 saturated heterocycles. The third-order valence-corrected chi connectivity index (χ3v) is 2.24. The number of methoxy groups -OCH3 is 1. The lowest BCUT2D eigenvalue weighted by Gasteiger charge is -2.16. The first kappa shape index (κ1) is 13.9. The summed E-state index contributed by atoms with van der Waals surface area (Å²) in [5.41, 5.74) is 0.520. The van der Waals surface area contributed by atoms with E-state index in [1.54, 1.807) is 13.3 Å². The van der Waals surface area contributed by atoms with Crippen LogP contribution in [0.1, 0.15) is 38.2 Å². The molecule has 1 heterocycles. The van der Waals surface area contributed by atoms with Crippen LogP contribution in [0.5, 0.6) is 5.75 Å². The molecule has 0 aliphatic carbocycles. The third-order valence-electron chi connectivity index (χ3n) is 2.24. The lowest BCUT2D eigenvalue weighted by molar-refractivity contribution is 0.0894. The monoisotopic (exact) mass is 240 g/mol. The molecular weight excluding hydrogens is 220 g/mol. The maximum absolute atomic E-state index is 9.27. The number of aromatic nitrogens is 2. The van der Waals surface area contributed by atoms with Crippen LogP contribution in [-0.4, -0.2) is 34.9 Å². The van der Waals surface area contributed by atoms with Crippen LogP contribution in [0, 0.1) is 0 Å². The number of hydrogen-bond acceptors (Lipinski definition) is 5. The van der Waals surface area contributed by atoms with E-state index in [4.69, 9.17) is 9.47 Å². The summed E-state index contributed by atoms with van der Waals surface area (Å²) in [6.45, 7) is 6.23. The van der Waals surface area contributed by atoms with E-state index in [1.807, 2.05) is 20.8 Å². The molecule has 1 unspecified atom stereocenters. The van der Waals surface area contributed by atoms with Crippen molar-refractivity contribution < 1.29 is 14.6 Å². The van der Waals surface area contributed by atoms with E-state index in [0.29, 0.717) is 23.9 Å². The predicted octanol–water partition coefficient (Wildman–Crippen LogP) is 1.51. The van der Waals surface area contributed by atoms with Gasteiger partial charge in [-0.2, -0.15) is 0 Å². The molecule has 0 radical (unpaired) electrons. The molecule has 0 fully saturated rings. The molecule has 5 heteroatoms. The highest BCUT2D eigenvalue weighted by atomic mass is 16.5. The Morgan fingerprint density at radius 1 is 1.35 bits per heavy atom. The normalized spacial score (nSPS) is 12.8. The van der Waals surface area contributed by atoms with Crippen LogP contribution in [-0.2, 0) is 11.3 Å². The van der Waals surface area contributed by atoms with Crippen LogP contribution in [0.3, 0.4) is 0 Å². The van der Waals surface area contributed by atoms with Crippen molar-refractivity contribution in [2.45, 2.75) is 39.4 Å². The fourth-order valence-electron chi connectivity index (χ4n) is 1.40. The second-order valence-corrected chi connectivity index (χ2v) is 4.24. The molecule has 0 amide bonds. The van der Waals surface area contributed by atoms with Gasteiger partial charge in [0.15, 0.2) is 5.75 Å². The number of hydrogen-bond donors (Lipinski definition) is 1. The third kappa shape index (κ3) is 3.94. The van der Waals surface area contributed by atoms with Crippen molar-refractivity contribution in [2.75, 3.05) is 13.7 Å². The molecule has 17 heavy (non-hydrogen) atoms. The Hall–Kier alpha value is -1.20. The van der Waals surface area contributed by atoms with Crippen LogP contribution in [0.2, 0.25) is 0 Å². The zero-order valence-electron chi connectivity index (χ0n) is 10.8. The summed E-state index contributed by atoms with van der Waals surface area (Å²) in [7, 11) is 1.62. The summed E-state index contributed by atoms with van der Waals surface area (Å²) in [5, 5.41) is 9.27. The van der Waals surface area contributed by atoms with Gasteiger partial charge in [-0.05, 0) is 6.92 Å². The highest BCUT2D eigenvalue weighted by Crippen LogP contribution is 2.19. The SMILES string of the molecule is COCC(C)Oc1cnc(C(C)C)nc1CO. The summed E-state index contributed by atoms with van der Waals surface area (Å²) >= 11 is 0. The minimum atomic E-state index is -0.155. The van der Waals surface area contributed by atoms with E-state index in [9.17, 15) is 5.11 Å². The first-order valence-electron chi connectivity index (χ1n) is 5.70. The van der Waals surface area contributed by atoms with Crippen molar-refractivity contribution in [3.8, 4) is 5.75 Å². The minimum Gasteiger partial charge on any atom is -0.485 e. The smallest absolute Gasteiger partial charge is 0.162 e. The van der Waals surface area contributed by atoms with Crippen LogP contribution in [0.4, 0.5) is 0 Å². The average Bonchev–Trinajstić information content (AvgIpc) is 2.29. The lowest BCUT2D eigenvalue weighted by atomic mass is 10.2. The van der Waals surface area contributed by atoms with Gasteiger partial charge >= 0.3 is 0 Å². The second-order valence-electron chi connectivity index (χ2n) is 4.24. The number of rotatable bonds is 6. The summed E-state index contributed by atoms with van der Waals surface area (Å²) in [6.07, 6.45) is 1.51. The lowest BCUT2D eigenvalue weighted by Crippen LogP contribution is -2.19. The van der Waals surface area contributed by atoms with Crippen molar-refractivity contribution in [3.63, 3.8) is 0 Å². The van der Waals surface area contributed by atoms with Crippen LogP contribution in [0.25, 0.3) is 0 Å². The molecule has 96 valence electrons. The van der Waals surface area contributed by atoms with Crippen molar-refractivity contribution >= 4 is 0 Å². The van der Waals surface area contributed by atoms with Crippen LogP contribution >= 0.6 is 0 Å². The zero-order chi connectivity index (χ0) is 12.8. The Balaban J connectivity index is 2.85. The van der Waals surface area contributed by atoms with E-state index >= 15 is 0 Å². The van der Waals surface area contributed by atoms with E-state index in [1.165, 1.54) is 0 Å². The molecule has 5 nitrogen and oxygen atoms in total. The maximum Gasteiger partial charge on any atom is 0.162 e. The predicted molar refractivity (Wildman–Crippen MR) is 64.0 cm³/mol. The Morgan fingerprint density at radius 3 is 2.59 bits per heavy atom. The van der Waals surface area contributed by atoms with E-state index in [-0.39, 0.29) is 18.6 Å². The summed E-state index contributed by atoms with van der Waals surface area (Å²) in [6, 6.07) is 0. The van der Waals surface area contributed by atoms with Gasteiger partial charge in [-0.15, -0.1) is 0 Å². The standard InChI is InChI=1S/C12H20N2O3/c1-8(2)12-13-5-11(10(6-15)14-12)17-9(3)7-16-4/h5,8-9,15H,6-7H2,1-4H3. The van der Waals surface area contributed by atoms with Crippen LogP contribution < -0.4 is 4.74 Å². The molecule has 0 aliphatic rings. The zero-order valence-corrected chi connectivity index (χ0v) is 10.8. The molecule has 1 aromatic heterocycles. The first-order chi connectivity index (χ1) is 8.08. The van der Waals surface area contributed by atoms with Crippen LogP contribution in [0.15, 0.2) is 6.20 Å². The van der Waals surface area contributed by atoms with Gasteiger partial charge in [-0.1, -0.05) is 13.8 Å². The number of nitrogens with zero attached hydrogens (tertiary/aromatic N) is 2. The van der Waals surface area contributed by atoms with Crippen molar-refractivity contribution in [2.24, 2.45) is 0 Å².